The maximum Gasteiger partial charge on any atom is 0.229 e. The number of rotatable bonds is 4. The summed E-state index contributed by atoms with van der Waals surface area (Å²) >= 11 is 3.38. The van der Waals surface area contributed by atoms with Gasteiger partial charge in [-0.3, -0.25) is 0 Å². The van der Waals surface area contributed by atoms with Gasteiger partial charge in [-0.15, -0.1) is 0 Å². The molecule has 3 heterocycles. The second-order valence-electron chi connectivity index (χ2n) is 6.78. The van der Waals surface area contributed by atoms with E-state index >= 15 is 0 Å². The topological polar surface area (TPSA) is 61.0 Å². The van der Waals surface area contributed by atoms with Gasteiger partial charge in [-0.25, -0.2) is 4.98 Å². The molecule has 5 nitrogen and oxygen atoms in total. The van der Waals surface area contributed by atoms with Crippen LogP contribution in [0, 0.1) is 5.41 Å². The largest absolute Gasteiger partial charge is 0.377 e. The third-order valence-electron chi connectivity index (χ3n) is 4.97. The lowest BCUT2D eigenvalue weighted by Crippen LogP contribution is -2.16. The summed E-state index contributed by atoms with van der Waals surface area (Å²) < 4.78 is 12.2. The van der Waals surface area contributed by atoms with Gasteiger partial charge in [0.05, 0.1) is 25.6 Å². The maximum atomic E-state index is 5.99. The number of ether oxygens (including phenoxy) is 1. The Labute approximate surface area is 144 Å². The van der Waals surface area contributed by atoms with Crippen LogP contribution in [0.3, 0.4) is 0 Å². The summed E-state index contributed by atoms with van der Waals surface area (Å²) in [6.07, 6.45) is 7.99. The molecule has 1 saturated heterocycles. The molecule has 4 rings (SSSR count). The quantitative estimate of drug-likeness (QED) is 0.759. The zero-order valence-corrected chi connectivity index (χ0v) is 14.6. The fourth-order valence-electron chi connectivity index (χ4n) is 3.85. The van der Waals surface area contributed by atoms with Crippen LogP contribution < -0.4 is 0 Å². The molecule has 2 aromatic rings. The third kappa shape index (κ3) is 3.48. The van der Waals surface area contributed by atoms with E-state index in [9.17, 15) is 0 Å². The molecule has 0 amide bonds. The molecule has 2 aromatic heterocycles. The van der Waals surface area contributed by atoms with Crippen LogP contribution in [-0.2, 0) is 17.6 Å². The SMILES string of the molecule is Brc1cccc(Cc2noc(CC3CC4(CCCC4)CO3)n2)n1. The van der Waals surface area contributed by atoms with E-state index in [2.05, 4.69) is 31.1 Å². The molecule has 1 unspecified atom stereocenters. The number of hydrogen-bond donors (Lipinski definition) is 0. The van der Waals surface area contributed by atoms with Crippen LogP contribution >= 0.6 is 15.9 Å². The van der Waals surface area contributed by atoms with Gasteiger partial charge in [0, 0.05) is 5.69 Å². The van der Waals surface area contributed by atoms with Gasteiger partial charge in [-0.05, 0) is 52.7 Å². The fraction of sp³-hybridized carbons (Fsp3) is 0.588. The van der Waals surface area contributed by atoms with Crippen molar-refractivity contribution < 1.29 is 9.26 Å². The summed E-state index contributed by atoms with van der Waals surface area (Å²) in [6, 6.07) is 5.83. The standard InChI is InChI=1S/C17H20BrN3O2/c18-14-5-3-4-12(19-14)8-15-20-16(23-21-15)9-13-10-17(11-22-13)6-1-2-7-17/h3-5,13H,1-2,6-11H2. The van der Waals surface area contributed by atoms with Crippen LogP contribution in [0.2, 0.25) is 0 Å². The lowest BCUT2D eigenvalue weighted by atomic mass is 9.83. The molecule has 2 aliphatic rings. The molecular weight excluding hydrogens is 358 g/mol. The first kappa shape index (κ1) is 15.3. The van der Waals surface area contributed by atoms with Gasteiger partial charge in [0.25, 0.3) is 0 Å². The first-order valence-electron chi connectivity index (χ1n) is 8.25. The number of pyridine rings is 1. The molecule has 1 saturated carbocycles. The normalized spacial score (nSPS) is 22.9. The Morgan fingerprint density at radius 2 is 2.09 bits per heavy atom. The second kappa shape index (κ2) is 6.32. The molecule has 23 heavy (non-hydrogen) atoms. The monoisotopic (exact) mass is 377 g/mol. The third-order valence-corrected chi connectivity index (χ3v) is 5.42. The number of hydrogen-bond acceptors (Lipinski definition) is 5. The van der Waals surface area contributed by atoms with E-state index in [1.807, 2.05) is 18.2 Å². The Bertz CT molecular complexity index is 682. The lowest BCUT2D eigenvalue weighted by molar-refractivity contribution is 0.0902. The highest BCUT2D eigenvalue weighted by atomic mass is 79.9. The van der Waals surface area contributed by atoms with E-state index < -0.39 is 0 Å². The number of aromatic nitrogens is 3. The average molecular weight is 378 g/mol. The highest BCUT2D eigenvalue weighted by molar-refractivity contribution is 9.10. The zero-order chi connectivity index (χ0) is 15.7. The highest BCUT2D eigenvalue weighted by Gasteiger charge is 2.42. The van der Waals surface area contributed by atoms with Gasteiger partial charge in [0.2, 0.25) is 5.89 Å². The smallest absolute Gasteiger partial charge is 0.229 e. The Kier molecular flexibility index (Phi) is 4.20. The fourth-order valence-corrected chi connectivity index (χ4v) is 4.23. The van der Waals surface area contributed by atoms with Gasteiger partial charge in [0.15, 0.2) is 5.82 Å². The molecule has 1 aliphatic carbocycles. The molecule has 1 spiro atoms. The van der Waals surface area contributed by atoms with Crippen molar-refractivity contribution in [2.75, 3.05) is 6.61 Å². The second-order valence-corrected chi connectivity index (χ2v) is 7.59. The minimum Gasteiger partial charge on any atom is -0.377 e. The highest BCUT2D eigenvalue weighted by Crippen LogP contribution is 2.47. The summed E-state index contributed by atoms with van der Waals surface area (Å²) in [5.41, 5.74) is 1.36. The van der Waals surface area contributed by atoms with Crippen molar-refractivity contribution in [1.82, 2.24) is 15.1 Å². The van der Waals surface area contributed by atoms with E-state index in [0.29, 0.717) is 23.6 Å². The predicted molar refractivity (Wildman–Crippen MR) is 88.0 cm³/mol. The van der Waals surface area contributed by atoms with Crippen molar-refractivity contribution >= 4 is 15.9 Å². The molecule has 0 radical (unpaired) electrons. The zero-order valence-electron chi connectivity index (χ0n) is 13.0. The summed E-state index contributed by atoms with van der Waals surface area (Å²) in [5, 5.41) is 4.08. The molecule has 6 heteroatoms. The van der Waals surface area contributed by atoms with Gasteiger partial charge in [-0.1, -0.05) is 24.1 Å². The summed E-state index contributed by atoms with van der Waals surface area (Å²) in [4.78, 5) is 8.90. The van der Waals surface area contributed by atoms with Crippen molar-refractivity contribution in [3.05, 3.63) is 40.2 Å². The first-order valence-corrected chi connectivity index (χ1v) is 9.05. The van der Waals surface area contributed by atoms with Crippen LogP contribution in [0.25, 0.3) is 0 Å². The molecule has 1 aliphatic heterocycles. The van der Waals surface area contributed by atoms with Crippen LogP contribution in [0.4, 0.5) is 0 Å². The van der Waals surface area contributed by atoms with Gasteiger partial charge in [0.1, 0.15) is 4.60 Å². The average Bonchev–Trinajstić information content (AvgIpc) is 3.24. The van der Waals surface area contributed by atoms with E-state index in [1.165, 1.54) is 25.7 Å². The number of nitrogens with zero attached hydrogens (tertiary/aromatic N) is 3. The van der Waals surface area contributed by atoms with Crippen LogP contribution in [0.1, 0.15) is 49.5 Å². The molecular formula is C17H20BrN3O2. The van der Waals surface area contributed by atoms with E-state index in [1.54, 1.807) is 0 Å². The Morgan fingerprint density at radius 1 is 1.22 bits per heavy atom. The van der Waals surface area contributed by atoms with Crippen molar-refractivity contribution in [2.24, 2.45) is 5.41 Å². The molecule has 0 aromatic carbocycles. The molecule has 2 fully saturated rings. The first-order chi connectivity index (χ1) is 11.2. The summed E-state index contributed by atoms with van der Waals surface area (Å²) in [7, 11) is 0. The Morgan fingerprint density at radius 3 is 2.91 bits per heavy atom. The molecule has 122 valence electrons. The summed E-state index contributed by atoms with van der Waals surface area (Å²) in [5.74, 6) is 1.36. The minimum atomic E-state index is 0.227. The van der Waals surface area contributed by atoms with Gasteiger partial charge >= 0.3 is 0 Å². The van der Waals surface area contributed by atoms with Crippen molar-refractivity contribution in [2.45, 2.75) is 51.0 Å². The van der Waals surface area contributed by atoms with Gasteiger partial charge in [-0.2, -0.15) is 4.98 Å². The minimum absolute atomic E-state index is 0.227. The molecule has 1 atom stereocenters. The van der Waals surface area contributed by atoms with Crippen LogP contribution in [0.5, 0.6) is 0 Å². The van der Waals surface area contributed by atoms with Crippen molar-refractivity contribution in [3.63, 3.8) is 0 Å². The lowest BCUT2D eigenvalue weighted by Gasteiger charge is -2.19. The number of halogens is 1. The Hall–Kier alpha value is -1.27. The molecule has 0 bridgehead atoms. The maximum absolute atomic E-state index is 5.99. The predicted octanol–water partition coefficient (Wildman–Crippen LogP) is 3.71. The van der Waals surface area contributed by atoms with E-state index in [4.69, 9.17) is 9.26 Å². The van der Waals surface area contributed by atoms with E-state index in [-0.39, 0.29) is 6.10 Å². The van der Waals surface area contributed by atoms with Crippen molar-refractivity contribution in [1.29, 1.82) is 0 Å². The molecule has 0 N–H and O–H groups in total. The van der Waals surface area contributed by atoms with Crippen molar-refractivity contribution in [3.8, 4) is 0 Å². The van der Waals surface area contributed by atoms with Gasteiger partial charge < -0.3 is 9.26 Å². The summed E-state index contributed by atoms with van der Waals surface area (Å²) in [6.45, 7) is 0.903. The van der Waals surface area contributed by atoms with Crippen LogP contribution in [-0.4, -0.2) is 27.8 Å². The van der Waals surface area contributed by atoms with E-state index in [0.717, 1.165) is 29.7 Å². The Balaban J connectivity index is 1.37. The van der Waals surface area contributed by atoms with Crippen LogP contribution in [0.15, 0.2) is 27.3 Å².